The Kier molecular flexibility index (Phi) is 5.04. The van der Waals surface area contributed by atoms with Crippen molar-refractivity contribution in [1.29, 1.82) is 5.26 Å². The molecule has 2 aliphatic rings. The summed E-state index contributed by atoms with van der Waals surface area (Å²) in [7, 11) is 0. The van der Waals surface area contributed by atoms with Gasteiger partial charge in [0.1, 0.15) is 11.9 Å². The maximum absolute atomic E-state index is 13.1. The quantitative estimate of drug-likeness (QED) is 0.437. The monoisotopic (exact) mass is 483 g/mol. The Hall–Kier alpha value is -3.83. The van der Waals surface area contributed by atoms with Crippen LogP contribution in [0.15, 0.2) is 36.8 Å². The lowest BCUT2D eigenvalue weighted by Crippen LogP contribution is -2.35. The van der Waals surface area contributed by atoms with Gasteiger partial charge < -0.3 is 4.90 Å². The summed E-state index contributed by atoms with van der Waals surface area (Å²) in [5, 5.41) is 18.6. The molecule has 8 nitrogen and oxygen atoms in total. The second-order valence-electron chi connectivity index (χ2n) is 9.61. The number of carbonyl (C=O) groups is 1. The standard InChI is InChI=1S/C26H22ClN7O/c1-13(2)5-21-19(8-28)24(20-11-31-33-25(20)32-21)14-3-4-22-17(6-14)16-7-18(16)26(35)34(22)12-23-29-9-15(27)10-30-23/h3-4,6,9-11,13,16,18H,5,7,12H2,1-2H3,(H,31,32,33). The second-order valence-corrected chi connectivity index (χ2v) is 10.1. The van der Waals surface area contributed by atoms with Gasteiger partial charge in [-0.2, -0.15) is 10.4 Å². The number of halogens is 1. The van der Waals surface area contributed by atoms with Gasteiger partial charge in [0.2, 0.25) is 5.91 Å². The number of fused-ring (bicyclic) bond motifs is 4. The van der Waals surface area contributed by atoms with Crippen LogP contribution in [0.2, 0.25) is 5.02 Å². The minimum atomic E-state index is -0.0247. The molecule has 0 saturated heterocycles. The van der Waals surface area contributed by atoms with Crippen LogP contribution in [-0.4, -0.2) is 31.1 Å². The molecule has 0 spiro atoms. The number of nitrogens with zero attached hydrogens (tertiary/aromatic N) is 6. The summed E-state index contributed by atoms with van der Waals surface area (Å²) in [5.41, 5.74) is 5.78. The van der Waals surface area contributed by atoms with Gasteiger partial charge in [0, 0.05) is 34.9 Å². The van der Waals surface area contributed by atoms with Crippen molar-refractivity contribution in [3.63, 3.8) is 0 Å². The third-order valence-electron chi connectivity index (χ3n) is 6.74. The molecule has 1 saturated carbocycles. The molecule has 1 aliphatic carbocycles. The number of H-pyrrole nitrogens is 1. The highest BCUT2D eigenvalue weighted by atomic mass is 35.5. The summed E-state index contributed by atoms with van der Waals surface area (Å²) in [6, 6.07) is 8.49. The van der Waals surface area contributed by atoms with E-state index in [0.29, 0.717) is 34.4 Å². The first-order chi connectivity index (χ1) is 16.9. The van der Waals surface area contributed by atoms with Crippen molar-refractivity contribution in [1.82, 2.24) is 25.1 Å². The molecule has 4 aromatic rings. The van der Waals surface area contributed by atoms with Crippen LogP contribution < -0.4 is 4.90 Å². The van der Waals surface area contributed by atoms with Crippen LogP contribution in [0.3, 0.4) is 0 Å². The van der Waals surface area contributed by atoms with Crippen molar-refractivity contribution in [2.45, 2.75) is 39.2 Å². The third-order valence-corrected chi connectivity index (χ3v) is 6.94. The number of pyridine rings is 1. The molecule has 1 aliphatic heterocycles. The van der Waals surface area contributed by atoms with E-state index >= 15 is 0 Å². The van der Waals surface area contributed by atoms with Crippen LogP contribution in [-0.2, 0) is 17.8 Å². The van der Waals surface area contributed by atoms with E-state index in [1.807, 2.05) is 12.1 Å². The van der Waals surface area contributed by atoms with Crippen molar-refractivity contribution < 1.29 is 4.79 Å². The Bertz CT molecular complexity index is 1520. The summed E-state index contributed by atoms with van der Waals surface area (Å²) in [6.45, 7) is 4.51. The van der Waals surface area contributed by atoms with Gasteiger partial charge in [-0.3, -0.25) is 9.89 Å². The lowest BCUT2D eigenvalue weighted by atomic mass is 9.90. The van der Waals surface area contributed by atoms with E-state index in [2.05, 4.69) is 46.1 Å². The van der Waals surface area contributed by atoms with Crippen molar-refractivity contribution >= 4 is 34.2 Å². The molecule has 2 atom stereocenters. The van der Waals surface area contributed by atoms with Gasteiger partial charge in [-0.25, -0.2) is 15.0 Å². The van der Waals surface area contributed by atoms with Crippen LogP contribution in [0.4, 0.5) is 5.69 Å². The zero-order valence-electron chi connectivity index (χ0n) is 19.3. The van der Waals surface area contributed by atoms with E-state index in [1.165, 1.54) is 0 Å². The van der Waals surface area contributed by atoms with Crippen molar-refractivity contribution in [2.75, 3.05) is 4.90 Å². The van der Waals surface area contributed by atoms with Crippen molar-refractivity contribution in [3.05, 3.63) is 64.5 Å². The molecular weight excluding hydrogens is 462 g/mol. The van der Waals surface area contributed by atoms with Gasteiger partial charge in [-0.1, -0.05) is 31.5 Å². The topological polar surface area (TPSA) is 111 Å². The predicted molar refractivity (Wildman–Crippen MR) is 132 cm³/mol. The van der Waals surface area contributed by atoms with E-state index in [1.54, 1.807) is 23.5 Å². The molecule has 35 heavy (non-hydrogen) atoms. The minimum absolute atomic E-state index is 0.0247. The number of amides is 1. The summed E-state index contributed by atoms with van der Waals surface area (Å²) in [6.07, 6.45) is 6.34. The van der Waals surface area contributed by atoms with Crippen molar-refractivity contribution in [3.8, 4) is 17.2 Å². The number of aromatic amines is 1. The number of hydrogen-bond acceptors (Lipinski definition) is 6. The zero-order valence-corrected chi connectivity index (χ0v) is 20.0. The first-order valence-electron chi connectivity index (χ1n) is 11.6. The number of nitrogens with one attached hydrogen (secondary N) is 1. The molecule has 2 unspecified atom stereocenters. The molecule has 6 rings (SSSR count). The number of rotatable bonds is 5. The molecule has 1 fully saturated rings. The zero-order chi connectivity index (χ0) is 24.3. The van der Waals surface area contributed by atoms with E-state index in [9.17, 15) is 10.1 Å². The summed E-state index contributed by atoms with van der Waals surface area (Å²) >= 11 is 5.93. The van der Waals surface area contributed by atoms with E-state index < -0.39 is 0 Å². The maximum atomic E-state index is 13.1. The first-order valence-corrected chi connectivity index (χ1v) is 12.0. The lowest BCUT2D eigenvalue weighted by Gasteiger charge is -2.29. The fourth-order valence-corrected chi connectivity index (χ4v) is 5.18. The molecule has 3 aromatic heterocycles. The Labute approximate surface area is 207 Å². The SMILES string of the molecule is CC(C)Cc1nc2[nH]ncc2c(-c2ccc3c(c2)C2CC2C(=O)N3Cc2ncc(Cl)cn2)c1C#N. The molecule has 0 radical (unpaired) electrons. The van der Waals surface area contributed by atoms with Gasteiger partial charge in [-0.05, 0) is 47.9 Å². The Morgan fingerprint density at radius 3 is 2.77 bits per heavy atom. The molecule has 0 bridgehead atoms. The molecule has 1 N–H and O–H groups in total. The van der Waals surface area contributed by atoms with Gasteiger partial charge in [-0.15, -0.1) is 0 Å². The number of nitriles is 1. The average Bonchev–Trinajstić information content (AvgIpc) is 3.52. The van der Waals surface area contributed by atoms with E-state index in [0.717, 1.165) is 39.9 Å². The van der Waals surface area contributed by atoms with Crippen molar-refractivity contribution in [2.24, 2.45) is 11.8 Å². The van der Waals surface area contributed by atoms with Crippen LogP contribution in [0.1, 0.15) is 48.8 Å². The maximum Gasteiger partial charge on any atom is 0.231 e. The third kappa shape index (κ3) is 3.63. The first kappa shape index (κ1) is 21.7. The summed E-state index contributed by atoms with van der Waals surface area (Å²) in [5.74, 6) is 1.17. The Morgan fingerprint density at radius 1 is 1.23 bits per heavy atom. The van der Waals surface area contributed by atoms with E-state index in [4.69, 9.17) is 16.6 Å². The smallest absolute Gasteiger partial charge is 0.231 e. The number of carbonyl (C=O) groups excluding carboxylic acids is 1. The largest absolute Gasteiger partial charge is 0.304 e. The normalized spacial score (nSPS) is 18.5. The highest BCUT2D eigenvalue weighted by Gasteiger charge is 2.51. The number of benzene rings is 1. The lowest BCUT2D eigenvalue weighted by molar-refractivity contribution is -0.120. The highest BCUT2D eigenvalue weighted by molar-refractivity contribution is 6.30. The van der Waals surface area contributed by atoms with Gasteiger partial charge in [0.05, 0.1) is 29.0 Å². The molecule has 9 heteroatoms. The summed E-state index contributed by atoms with van der Waals surface area (Å²) in [4.78, 5) is 28.2. The van der Waals surface area contributed by atoms with Gasteiger partial charge >= 0.3 is 0 Å². The number of anilines is 1. The van der Waals surface area contributed by atoms with E-state index in [-0.39, 0.29) is 24.3 Å². The Morgan fingerprint density at radius 2 is 2.03 bits per heavy atom. The average molecular weight is 484 g/mol. The minimum Gasteiger partial charge on any atom is -0.304 e. The molecular formula is C26H22ClN7O. The van der Waals surface area contributed by atoms with Gasteiger partial charge in [0.15, 0.2) is 5.65 Å². The predicted octanol–water partition coefficient (Wildman–Crippen LogP) is 4.79. The summed E-state index contributed by atoms with van der Waals surface area (Å²) < 4.78 is 0. The number of aromatic nitrogens is 5. The number of hydrogen-bond donors (Lipinski definition) is 1. The van der Waals surface area contributed by atoms with Crippen LogP contribution >= 0.6 is 11.6 Å². The fraction of sp³-hybridized carbons (Fsp3) is 0.308. The van der Waals surface area contributed by atoms with Gasteiger partial charge in [0.25, 0.3) is 0 Å². The molecule has 4 heterocycles. The molecule has 174 valence electrons. The Balaban J connectivity index is 1.47. The van der Waals surface area contributed by atoms with Crippen LogP contribution in [0.25, 0.3) is 22.2 Å². The highest BCUT2D eigenvalue weighted by Crippen LogP contribution is 2.56. The second kappa shape index (κ2) is 8.14. The van der Waals surface area contributed by atoms with Crippen LogP contribution in [0.5, 0.6) is 0 Å². The molecule has 1 aromatic carbocycles. The molecule has 1 amide bonds. The van der Waals surface area contributed by atoms with Crippen LogP contribution in [0, 0.1) is 23.2 Å². The fourth-order valence-electron chi connectivity index (χ4n) is 5.08.